The molecular weight excluding hydrogens is 294 g/mol. The lowest BCUT2D eigenvalue weighted by molar-refractivity contribution is -0.746. The SMILES string of the molecule is N#Cc1ccc(C[n+]2ccc(C(=O)Br)cn2)cc1. The molecule has 2 rings (SSSR count). The van der Waals surface area contributed by atoms with E-state index in [9.17, 15) is 4.79 Å². The maximum Gasteiger partial charge on any atom is 0.230 e. The van der Waals surface area contributed by atoms with Gasteiger partial charge in [-0.2, -0.15) is 5.26 Å². The molecule has 0 bridgehead atoms. The van der Waals surface area contributed by atoms with Crippen molar-refractivity contribution in [3.05, 3.63) is 59.4 Å². The largest absolute Gasteiger partial charge is 0.281 e. The maximum absolute atomic E-state index is 11.0. The first-order chi connectivity index (χ1) is 8.69. The van der Waals surface area contributed by atoms with Crippen molar-refractivity contribution in [2.45, 2.75) is 6.54 Å². The lowest BCUT2D eigenvalue weighted by Gasteiger charge is -1.96. The van der Waals surface area contributed by atoms with Gasteiger partial charge in [-0.1, -0.05) is 16.8 Å². The van der Waals surface area contributed by atoms with Crippen LogP contribution in [0.4, 0.5) is 0 Å². The number of carbonyl (C=O) groups excluding carboxylic acids is 1. The third-order valence-corrected chi connectivity index (χ3v) is 2.88. The van der Waals surface area contributed by atoms with E-state index in [2.05, 4.69) is 27.1 Å². The minimum atomic E-state index is -0.180. The molecule has 0 saturated heterocycles. The predicted molar refractivity (Wildman–Crippen MR) is 67.9 cm³/mol. The maximum atomic E-state index is 11.0. The number of aromatic nitrogens is 2. The van der Waals surface area contributed by atoms with Gasteiger partial charge in [0.05, 0.1) is 17.2 Å². The van der Waals surface area contributed by atoms with Crippen molar-refractivity contribution < 1.29 is 9.48 Å². The second-order valence-electron chi connectivity index (χ2n) is 3.70. The van der Waals surface area contributed by atoms with Crippen LogP contribution in [0.1, 0.15) is 21.5 Å². The van der Waals surface area contributed by atoms with Gasteiger partial charge in [-0.3, -0.25) is 4.79 Å². The second-order valence-corrected chi connectivity index (χ2v) is 4.42. The summed E-state index contributed by atoms with van der Waals surface area (Å²) in [7, 11) is 0. The molecule has 0 aliphatic carbocycles. The lowest BCUT2D eigenvalue weighted by atomic mass is 10.1. The number of hydrogen-bond donors (Lipinski definition) is 0. The molecular formula is C13H9BrN3O+. The van der Waals surface area contributed by atoms with E-state index in [1.807, 2.05) is 12.1 Å². The van der Waals surface area contributed by atoms with Gasteiger partial charge in [0.25, 0.3) is 0 Å². The van der Waals surface area contributed by atoms with Crippen molar-refractivity contribution in [3.63, 3.8) is 0 Å². The Labute approximate surface area is 113 Å². The topological polar surface area (TPSA) is 57.6 Å². The van der Waals surface area contributed by atoms with Crippen LogP contribution in [0.25, 0.3) is 0 Å². The van der Waals surface area contributed by atoms with Gasteiger partial charge in [-0.15, -0.1) is 0 Å². The molecule has 18 heavy (non-hydrogen) atoms. The first-order valence-electron chi connectivity index (χ1n) is 5.23. The quantitative estimate of drug-likeness (QED) is 0.642. The molecule has 1 aromatic carbocycles. The molecule has 0 saturated carbocycles. The Hall–Kier alpha value is -2.06. The van der Waals surface area contributed by atoms with Crippen LogP contribution >= 0.6 is 15.9 Å². The molecule has 0 fully saturated rings. The van der Waals surface area contributed by atoms with Crippen molar-refractivity contribution in [1.29, 1.82) is 5.26 Å². The average Bonchev–Trinajstić information content (AvgIpc) is 2.40. The van der Waals surface area contributed by atoms with Crippen LogP contribution in [0, 0.1) is 11.3 Å². The van der Waals surface area contributed by atoms with Crippen LogP contribution in [0.15, 0.2) is 42.7 Å². The van der Waals surface area contributed by atoms with Gasteiger partial charge in [0, 0.05) is 11.6 Å². The van der Waals surface area contributed by atoms with Gasteiger partial charge in [-0.05, 0) is 33.2 Å². The predicted octanol–water partition coefficient (Wildman–Crippen LogP) is 1.82. The van der Waals surface area contributed by atoms with E-state index in [1.165, 1.54) is 6.20 Å². The fraction of sp³-hybridized carbons (Fsp3) is 0.0769. The molecule has 5 heteroatoms. The molecule has 1 aromatic heterocycles. The van der Waals surface area contributed by atoms with Gasteiger partial charge < -0.3 is 0 Å². The lowest BCUT2D eigenvalue weighted by Crippen LogP contribution is -2.38. The van der Waals surface area contributed by atoms with Gasteiger partial charge in [0.15, 0.2) is 12.7 Å². The van der Waals surface area contributed by atoms with E-state index >= 15 is 0 Å². The van der Waals surface area contributed by atoms with Crippen molar-refractivity contribution >= 4 is 20.6 Å². The summed E-state index contributed by atoms with van der Waals surface area (Å²) in [5.74, 6) is 0. The molecule has 0 amide bonds. The van der Waals surface area contributed by atoms with Crippen LogP contribution in [-0.4, -0.2) is 9.79 Å². The third kappa shape index (κ3) is 2.99. The molecule has 2 aromatic rings. The van der Waals surface area contributed by atoms with Gasteiger partial charge in [0.2, 0.25) is 4.69 Å². The van der Waals surface area contributed by atoms with Gasteiger partial charge >= 0.3 is 0 Å². The normalized spacial score (nSPS) is 9.78. The first-order valence-corrected chi connectivity index (χ1v) is 6.03. The highest BCUT2D eigenvalue weighted by Gasteiger charge is 2.07. The Morgan fingerprint density at radius 2 is 2.06 bits per heavy atom. The Balaban J connectivity index is 2.13. The molecule has 0 aliphatic heterocycles. The summed E-state index contributed by atoms with van der Waals surface area (Å²) < 4.78 is 1.54. The molecule has 0 radical (unpaired) electrons. The van der Waals surface area contributed by atoms with Crippen molar-refractivity contribution in [2.75, 3.05) is 0 Å². The van der Waals surface area contributed by atoms with Crippen molar-refractivity contribution in [3.8, 4) is 6.07 Å². The summed E-state index contributed by atoms with van der Waals surface area (Å²) in [6.45, 7) is 0.600. The zero-order chi connectivity index (χ0) is 13.0. The third-order valence-electron chi connectivity index (χ3n) is 2.43. The number of benzene rings is 1. The number of hydrogen-bond acceptors (Lipinski definition) is 3. The van der Waals surface area contributed by atoms with E-state index in [0.717, 1.165) is 5.56 Å². The number of nitriles is 1. The Morgan fingerprint density at radius 3 is 2.56 bits per heavy atom. The van der Waals surface area contributed by atoms with Crippen LogP contribution in [0.2, 0.25) is 0 Å². The fourth-order valence-corrected chi connectivity index (χ4v) is 1.70. The van der Waals surface area contributed by atoms with Crippen LogP contribution in [-0.2, 0) is 6.54 Å². The standard InChI is InChI=1S/C13H9BrN3O/c14-13(18)12-5-6-17(16-8-12)9-11-3-1-10(7-15)2-4-11/h1-6,8H,9H2/q+1. The molecule has 0 aliphatic rings. The van der Waals surface area contributed by atoms with Crippen LogP contribution < -0.4 is 4.68 Å². The molecule has 0 atom stereocenters. The van der Waals surface area contributed by atoms with E-state index in [-0.39, 0.29) is 4.69 Å². The summed E-state index contributed by atoms with van der Waals surface area (Å²) in [6.07, 6.45) is 3.26. The van der Waals surface area contributed by atoms with Crippen LogP contribution in [0.5, 0.6) is 0 Å². The number of halogens is 1. The molecule has 88 valence electrons. The Kier molecular flexibility index (Phi) is 3.80. The monoisotopic (exact) mass is 302 g/mol. The molecule has 0 N–H and O–H groups in total. The molecule has 0 spiro atoms. The number of nitrogens with zero attached hydrogens (tertiary/aromatic N) is 3. The number of carbonyl (C=O) groups is 1. The number of rotatable bonds is 3. The summed E-state index contributed by atoms with van der Waals surface area (Å²) >= 11 is 2.87. The zero-order valence-electron chi connectivity index (χ0n) is 9.38. The minimum Gasteiger partial charge on any atom is -0.281 e. The fourth-order valence-electron chi connectivity index (χ4n) is 1.47. The summed E-state index contributed by atoms with van der Waals surface area (Å²) in [5.41, 5.74) is 2.20. The first kappa shape index (κ1) is 12.4. The second kappa shape index (κ2) is 5.52. The average molecular weight is 303 g/mol. The van der Waals surface area contributed by atoms with Crippen molar-refractivity contribution in [2.24, 2.45) is 0 Å². The summed E-state index contributed by atoms with van der Waals surface area (Å²) in [6, 6.07) is 11.1. The van der Waals surface area contributed by atoms with E-state index in [1.54, 1.807) is 29.1 Å². The Morgan fingerprint density at radius 1 is 1.33 bits per heavy atom. The minimum absolute atomic E-state index is 0.180. The van der Waals surface area contributed by atoms with Gasteiger partial charge in [0.1, 0.15) is 6.20 Å². The smallest absolute Gasteiger partial charge is 0.230 e. The zero-order valence-corrected chi connectivity index (χ0v) is 11.0. The highest BCUT2D eigenvalue weighted by molar-refractivity contribution is 9.18. The highest BCUT2D eigenvalue weighted by atomic mass is 79.9. The molecule has 4 nitrogen and oxygen atoms in total. The molecule has 1 heterocycles. The Bertz CT molecular complexity index is 600. The summed E-state index contributed by atoms with van der Waals surface area (Å²) in [5, 5.41) is 12.8. The van der Waals surface area contributed by atoms with E-state index < -0.39 is 0 Å². The van der Waals surface area contributed by atoms with Gasteiger partial charge in [-0.25, -0.2) is 0 Å². The van der Waals surface area contributed by atoms with E-state index in [4.69, 9.17) is 5.26 Å². The summed E-state index contributed by atoms with van der Waals surface area (Å²) in [4.78, 5) is 11.0. The highest BCUT2D eigenvalue weighted by Crippen LogP contribution is 2.03. The van der Waals surface area contributed by atoms with Crippen molar-refractivity contribution in [1.82, 2.24) is 5.10 Å². The van der Waals surface area contributed by atoms with E-state index in [0.29, 0.717) is 17.7 Å². The molecule has 0 unspecified atom stereocenters. The van der Waals surface area contributed by atoms with Crippen LogP contribution in [0.3, 0.4) is 0 Å².